The SMILES string of the molecule is CC(C)C1(CNS(=O)(=O)c2ccc(N)c([N+](=O)[O-])c2)CC1. The van der Waals surface area contributed by atoms with Gasteiger partial charge in [-0.1, -0.05) is 13.8 Å². The van der Waals surface area contributed by atoms with Gasteiger partial charge in [0.1, 0.15) is 5.69 Å². The summed E-state index contributed by atoms with van der Waals surface area (Å²) in [7, 11) is -3.77. The predicted octanol–water partition coefficient (Wildman–Crippen LogP) is 1.89. The van der Waals surface area contributed by atoms with Crippen LogP contribution in [-0.4, -0.2) is 19.9 Å². The predicted molar refractivity (Wildman–Crippen MR) is 79.2 cm³/mol. The molecule has 2 rings (SSSR count). The molecule has 1 fully saturated rings. The third-order valence-electron chi connectivity index (χ3n) is 4.24. The molecular weight excluding hydrogens is 294 g/mol. The monoisotopic (exact) mass is 313 g/mol. The molecule has 7 nitrogen and oxygen atoms in total. The van der Waals surface area contributed by atoms with E-state index in [0.717, 1.165) is 18.9 Å². The van der Waals surface area contributed by atoms with Crippen molar-refractivity contribution < 1.29 is 13.3 Å². The Kier molecular flexibility index (Phi) is 3.94. The summed E-state index contributed by atoms with van der Waals surface area (Å²) < 4.78 is 27.0. The molecule has 0 unspecified atom stereocenters. The van der Waals surface area contributed by atoms with Crippen LogP contribution in [-0.2, 0) is 10.0 Å². The van der Waals surface area contributed by atoms with Crippen molar-refractivity contribution in [2.75, 3.05) is 12.3 Å². The molecule has 1 aliphatic rings. The summed E-state index contributed by atoms with van der Waals surface area (Å²) in [5.74, 6) is 0.390. The number of hydrogen-bond donors (Lipinski definition) is 2. The van der Waals surface area contributed by atoms with Gasteiger partial charge in [-0.15, -0.1) is 0 Å². The Morgan fingerprint density at radius 3 is 2.52 bits per heavy atom. The van der Waals surface area contributed by atoms with Crippen molar-refractivity contribution in [1.82, 2.24) is 4.72 Å². The summed E-state index contributed by atoms with van der Waals surface area (Å²) in [6.07, 6.45) is 1.99. The molecular formula is C13H19N3O4S. The van der Waals surface area contributed by atoms with Crippen LogP contribution in [0.1, 0.15) is 26.7 Å². The summed E-state index contributed by atoms with van der Waals surface area (Å²) >= 11 is 0. The fraction of sp³-hybridized carbons (Fsp3) is 0.538. The largest absolute Gasteiger partial charge is 0.393 e. The van der Waals surface area contributed by atoms with Crippen LogP contribution in [0.2, 0.25) is 0 Å². The Labute approximate surface area is 123 Å². The fourth-order valence-electron chi connectivity index (χ4n) is 2.29. The highest BCUT2D eigenvalue weighted by Crippen LogP contribution is 2.51. The summed E-state index contributed by atoms with van der Waals surface area (Å²) in [5, 5.41) is 10.8. The van der Waals surface area contributed by atoms with Gasteiger partial charge in [-0.2, -0.15) is 0 Å². The minimum atomic E-state index is -3.77. The highest BCUT2D eigenvalue weighted by molar-refractivity contribution is 7.89. The van der Waals surface area contributed by atoms with Gasteiger partial charge in [0.15, 0.2) is 0 Å². The van der Waals surface area contributed by atoms with Crippen molar-refractivity contribution in [3.05, 3.63) is 28.3 Å². The smallest absolute Gasteiger partial charge is 0.293 e. The van der Waals surface area contributed by atoms with Crippen molar-refractivity contribution in [3.8, 4) is 0 Å². The lowest BCUT2D eigenvalue weighted by molar-refractivity contribution is -0.384. The van der Waals surface area contributed by atoms with Gasteiger partial charge in [-0.25, -0.2) is 13.1 Å². The Bertz CT molecular complexity index is 666. The van der Waals surface area contributed by atoms with Crippen molar-refractivity contribution in [1.29, 1.82) is 0 Å². The summed E-state index contributed by atoms with van der Waals surface area (Å²) in [6.45, 7) is 4.48. The molecule has 21 heavy (non-hydrogen) atoms. The van der Waals surface area contributed by atoms with E-state index >= 15 is 0 Å². The van der Waals surface area contributed by atoms with Gasteiger partial charge in [0.05, 0.1) is 9.82 Å². The molecule has 8 heteroatoms. The summed E-state index contributed by atoms with van der Waals surface area (Å²) in [6, 6.07) is 3.51. The quantitative estimate of drug-likeness (QED) is 0.472. The number of sulfonamides is 1. The van der Waals surface area contributed by atoms with Crippen LogP contribution < -0.4 is 10.5 Å². The number of nitrogens with one attached hydrogen (secondary N) is 1. The van der Waals surface area contributed by atoms with Gasteiger partial charge in [-0.05, 0) is 36.3 Å². The van der Waals surface area contributed by atoms with Crippen LogP contribution in [0.15, 0.2) is 23.1 Å². The molecule has 116 valence electrons. The van der Waals surface area contributed by atoms with Crippen molar-refractivity contribution in [2.24, 2.45) is 11.3 Å². The zero-order valence-corrected chi connectivity index (χ0v) is 12.8. The molecule has 0 amide bonds. The van der Waals surface area contributed by atoms with E-state index in [9.17, 15) is 18.5 Å². The van der Waals surface area contributed by atoms with Gasteiger partial charge in [0, 0.05) is 12.6 Å². The number of nitro benzene ring substituents is 1. The number of hydrogen-bond acceptors (Lipinski definition) is 5. The Hall–Kier alpha value is -1.67. The van der Waals surface area contributed by atoms with E-state index in [1.807, 2.05) is 0 Å². The fourth-order valence-corrected chi connectivity index (χ4v) is 3.45. The van der Waals surface area contributed by atoms with Crippen LogP contribution in [0.5, 0.6) is 0 Å². The number of anilines is 1. The first-order chi connectivity index (χ1) is 9.68. The summed E-state index contributed by atoms with van der Waals surface area (Å²) in [5.41, 5.74) is 5.03. The van der Waals surface area contributed by atoms with E-state index in [-0.39, 0.29) is 16.0 Å². The van der Waals surface area contributed by atoms with E-state index in [1.54, 1.807) is 0 Å². The zero-order chi connectivity index (χ0) is 15.8. The van der Waals surface area contributed by atoms with Crippen LogP contribution in [0.4, 0.5) is 11.4 Å². The Morgan fingerprint density at radius 1 is 1.43 bits per heavy atom. The molecule has 0 aliphatic heterocycles. The summed E-state index contributed by atoms with van der Waals surface area (Å²) in [4.78, 5) is 10.0. The third kappa shape index (κ3) is 3.16. The molecule has 3 N–H and O–H groups in total. The van der Waals surface area contributed by atoms with E-state index in [2.05, 4.69) is 18.6 Å². The van der Waals surface area contributed by atoms with Gasteiger partial charge >= 0.3 is 0 Å². The average molecular weight is 313 g/mol. The first-order valence-corrected chi connectivity index (χ1v) is 8.20. The topological polar surface area (TPSA) is 115 Å². The van der Waals surface area contributed by atoms with Crippen LogP contribution in [0.3, 0.4) is 0 Å². The maximum absolute atomic E-state index is 12.2. The average Bonchev–Trinajstić information content (AvgIpc) is 3.17. The molecule has 0 saturated heterocycles. The molecule has 1 aliphatic carbocycles. The van der Waals surface area contributed by atoms with Crippen molar-refractivity contribution in [2.45, 2.75) is 31.6 Å². The first-order valence-electron chi connectivity index (χ1n) is 6.71. The maximum Gasteiger partial charge on any atom is 0.293 e. The van der Waals surface area contributed by atoms with Gasteiger partial charge in [0.25, 0.3) is 5.69 Å². The lowest BCUT2D eigenvalue weighted by Gasteiger charge is -2.20. The van der Waals surface area contributed by atoms with Gasteiger partial charge in [-0.3, -0.25) is 10.1 Å². The minimum Gasteiger partial charge on any atom is -0.393 e. The number of nitrogens with two attached hydrogens (primary N) is 1. The highest BCUT2D eigenvalue weighted by Gasteiger charge is 2.45. The molecule has 0 heterocycles. The standard InChI is InChI=1S/C13H19N3O4S/c1-9(2)13(5-6-13)8-15-21(19,20)10-3-4-11(14)12(7-10)16(17)18/h3-4,7,9,15H,5-6,8,14H2,1-2H3. The molecule has 0 radical (unpaired) electrons. The lowest BCUT2D eigenvalue weighted by Crippen LogP contribution is -2.32. The van der Waals surface area contributed by atoms with Crippen LogP contribution in [0.25, 0.3) is 0 Å². The second kappa shape index (κ2) is 5.27. The second-order valence-electron chi connectivity index (χ2n) is 5.82. The molecule has 0 spiro atoms. The lowest BCUT2D eigenvalue weighted by atomic mass is 9.93. The number of benzene rings is 1. The Balaban J connectivity index is 2.20. The number of rotatable bonds is 6. The zero-order valence-electron chi connectivity index (χ0n) is 12.0. The molecule has 0 aromatic heterocycles. The maximum atomic E-state index is 12.2. The number of nitrogen functional groups attached to an aromatic ring is 1. The molecule has 0 atom stereocenters. The van der Waals surface area contributed by atoms with E-state index in [4.69, 9.17) is 5.73 Å². The minimum absolute atomic E-state index is 0.0206. The van der Waals surface area contributed by atoms with E-state index in [1.165, 1.54) is 12.1 Å². The third-order valence-corrected chi connectivity index (χ3v) is 5.64. The molecule has 1 aromatic rings. The van der Waals surface area contributed by atoms with Crippen molar-refractivity contribution >= 4 is 21.4 Å². The van der Waals surface area contributed by atoms with E-state index in [0.29, 0.717) is 12.5 Å². The van der Waals surface area contributed by atoms with Crippen LogP contribution >= 0.6 is 0 Å². The Morgan fingerprint density at radius 2 is 2.05 bits per heavy atom. The van der Waals surface area contributed by atoms with Gasteiger partial charge < -0.3 is 5.73 Å². The van der Waals surface area contributed by atoms with Crippen molar-refractivity contribution in [3.63, 3.8) is 0 Å². The molecule has 1 saturated carbocycles. The van der Waals surface area contributed by atoms with E-state index < -0.39 is 20.6 Å². The molecule has 1 aromatic carbocycles. The van der Waals surface area contributed by atoms with Gasteiger partial charge in [0.2, 0.25) is 10.0 Å². The molecule has 0 bridgehead atoms. The van der Waals surface area contributed by atoms with Crippen LogP contribution in [0, 0.1) is 21.4 Å². The normalized spacial score (nSPS) is 16.9. The second-order valence-corrected chi connectivity index (χ2v) is 7.59. The number of nitrogens with zero attached hydrogens (tertiary/aromatic N) is 1. The number of nitro groups is 1. The first kappa shape index (κ1) is 15.7. The highest BCUT2D eigenvalue weighted by atomic mass is 32.2.